The second-order valence-corrected chi connectivity index (χ2v) is 7.67. The molecule has 0 unspecified atom stereocenters. The van der Waals surface area contributed by atoms with Gasteiger partial charge in [-0.15, -0.1) is 0 Å². The quantitative estimate of drug-likeness (QED) is 0.329. The van der Waals surface area contributed by atoms with Gasteiger partial charge in [0.25, 0.3) is 0 Å². The van der Waals surface area contributed by atoms with E-state index in [0.29, 0.717) is 0 Å². The molecule has 1 aliphatic carbocycles. The maximum absolute atomic E-state index is 4.72. The van der Waals surface area contributed by atoms with E-state index in [9.17, 15) is 0 Å². The summed E-state index contributed by atoms with van der Waals surface area (Å²) >= 11 is 4.72. The first-order valence-corrected chi connectivity index (χ1v) is 9.78. The van der Waals surface area contributed by atoms with Crippen molar-refractivity contribution in [3.63, 3.8) is 0 Å². The maximum Gasteiger partial charge on any atom is 0.0798 e. The SMILES string of the molecule is Cc1cc(C#Cc2ccc(C3CCC(C)CC3)cc2)cc(C)c1N=C=S. The first-order chi connectivity index (χ1) is 12.6. The molecule has 2 heteroatoms. The monoisotopic (exact) mass is 359 g/mol. The summed E-state index contributed by atoms with van der Waals surface area (Å²) in [7, 11) is 0. The van der Waals surface area contributed by atoms with E-state index in [4.69, 9.17) is 12.2 Å². The van der Waals surface area contributed by atoms with Crippen molar-refractivity contribution in [1.82, 2.24) is 0 Å². The third kappa shape index (κ3) is 4.50. The maximum atomic E-state index is 4.72. The number of thiocarbonyl (C=S) groups is 1. The van der Waals surface area contributed by atoms with Gasteiger partial charge in [-0.05, 0) is 91.7 Å². The third-order valence-electron chi connectivity index (χ3n) is 5.40. The average molecular weight is 360 g/mol. The minimum Gasteiger partial charge on any atom is -0.194 e. The van der Waals surface area contributed by atoms with E-state index >= 15 is 0 Å². The molecule has 1 saturated carbocycles. The van der Waals surface area contributed by atoms with Crippen LogP contribution in [0.3, 0.4) is 0 Å². The smallest absolute Gasteiger partial charge is 0.0798 e. The van der Waals surface area contributed by atoms with Crippen LogP contribution in [0.5, 0.6) is 0 Å². The zero-order valence-electron chi connectivity index (χ0n) is 15.8. The van der Waals surface area contributed by atoms with E-state index in [2.05, 4.69) is 65.3 Å². The Morgan fingerprint density at radius 3 is 2.04 bits per heavy atom. The van der Waals surface area contributed by atoms with Gasteiger partial charge >= 0.3 is 0 Å². The highest BCUT2D eigenvalue weighted by atomic mass is 32.1. The summed E-state index contributed by atoms with van der Waals surface area (Å²) in [5.41, 5.74) is 6.60. The normalized spacial score (nSPS) is 19.2. The van der Waals surface area contributed by atoms with Crippen molar-refractivity contribution in [3.8, 4) is 11.8 Å². The molecule has 132 valence electrons. The van der Waals surface area contributed by atoms with E-state index in [1.165, 1.54) is 31.2 Å². The molecular weight excluding hydrogens is 334 g/mol. The third-order valence-corrected chi connectivity index (χ3v) is 5.49. The van der Waals surface area contributed by atoms with Crippen molar-refractivity contribution in [2.45, 2.75) is 52.4 Å². The van der Waals surface area contributed by atoms with E-state index < -0.39 is 0 Å². The second kappa shape index (κ2) is 8.45. The Balaban J connectivity index is 1.75. The fourth-order valence-electron chi connectivity index (χ4n) is 3.83. The Hall–Kier alpha value is -2.20. The molecule has 26 heavy (non-hydrogen) atoms. The number of isothiocyanates is 1. The van der Waals surface area contributed by atoms with Crippen LogP contribution in [0.2, 0.25) is 0 Å². The average Bonchev–Trinajstić information content (AvgIpc) is 2.64. The molecule has 0 spiro atoms. The van der Waals surface area contributed by atoms with Gasteiger partial charge in [-0.2, -0.15) is 4.99 Å². The van der Waals surface area contributed by atoms with Crippen molar-refractivity contribution in [3.05, 3.63) is 64.2 Å². The molecule has 0 amide bonds. The van der Waals surface area contributed by atoms with Crippen LogP contribution in [0.1, 0.15) is 66.3 Å². The lowest BCUT2D eigenvalue weighted by Crippen LogP contribution is -2.10. The van der Waals surface area contributed by atoms with Gasteiger partial charge in [0.2, 0.25) is 0 Å². The van der Waals surface area contributed by atoms with Crippen molar-refractivity contribution in [1.29, 1.82) is 0 Å². The number of aryl methyl sites for hydroxylation is 2. The van der Waals surface area contributed by atoms with Gasteiger partial charge in [0.05, 0.1) is 10.8 Å². The molecular formula is C24H25NS. The Labute approximate surface area is 162 Å². The molecule has 3 rings (SSSR count). The number of aliphatic imine (C=N–C) groups is 1. The van der Waals surface area contributed by atoms with Gasteiger partial charge < -0.3 is 0 Å². The van der Waals surface area contributed by atoms with Gasteiger partial charge in [-0.1, -0.05) is 43.7 Å². The molecule has 1 fully saturated rings. The summed E-state index contributed by atoms with van der Waals surface area (Å²) < 4.78 is 0. The highest BCUT2D eigenvalue weighted by Gasteiger charge is 2.19. The van der Waals surface area contributed by atoms with E-state index in [-0.39, 0.29) is 0 Å². The Kier molecular flexibility index (Phi) is 6.04. The van der Waals surface area contributed by atoms with Gasteiger partial charge in [0.15, 0.2) is 0 Å². The summed E-state index contributed by atoms with van der Waals surface area (Å²) in [4.78, 5) is 4.14. The summed E-state index contributed by atoms with van der Waals surface area (Å²) in [6.07, 6.45) is 5.35. The van der Waals surface area contributed by atoms with Crippen LogP contribution in [-0.4, -0.2) is 5.16 Å². The Bertz CT molecular complexity index is 861. The molecule has 0 N–H and O–H groups in total. The van der Waals surface area contributed by atoms with Crippen LogP contribution in [0.4, 0.5) is 5.69 Å². The number of nitrogens with zero attached hydrogens (tertiary/aromatic N) is 1. The van der Waals surface area contributed by atoms with Crippen LogP contribution in [-0.2, 0) is 0 Å². The first kappa shape index (κ1) is 18.6. The number of hydrogen-bond acceptors (Lipinski definition) is 2. The molecule has 0 aliphatic heterocycles. The fraction of sp³-hybridized carbons (Fsp3) is 0.375. The van der Waals surface area contributed by atoms with Crippen molar-refractivity contribution < 1.29 is 0 Å². The largest absolute Gasteiger partial charge is 0.194 e. The Morgan fingerprint density at radius 2 is 1.46 bits per heavy atom. The van der Waals surface area contributed by atoms with E-state index in [1.807, 2.05) is 13.8 Å². The highest BCUT2D eigenvalue weighted by molar-refractivity contribution is 7.78. The molecule has 2 aromatic carbocycles. The zero-order chi connectivity index (χ0) is 18.5. The molecule has 0 saturated heterocycles. The van der Waals surface area contributed by atoms with Crippen molar-refractivity contribution in [2.24, 2.45) is 10.9 Å². The molecule has 0 aromatic heterocycles. The molecule has 0 bridgehead atoms. The second-order valence-electron chi connectivity index (χ2n) is 7.49. The number of hydrogen-bond donors (Lipinski definition) is 0. The zero-order valence-corrected chi connectivity index (χ0v) is 16.6. The van der Waals surface area contributed by atoms with Gasteiger partial charge in [-0.25, -0.2) is 0 Å². The van der Waals surface area contributed by atoms with Crippen LogP contribution in [0.15, 0.2) is 41.4 Å². The molecule has 1 aliphatic rings. The summed E-state index contributed by atoms with van der Waals surface area (Å²) in [5, 5.41) is 2.45. The minimum absolute atomic E-state index is 0.729. The molecule has 1 nitrogen and oxygen atoms in total. The van der Waals surface area contributed by atoms with Gasteiger partial charge in [0.1, 0.15) is 0 Å². The molecule has 0 radical (unpaired) electrons. The van der Waals surface area contributed by atoms with Gasteiger partial charge in [0, 0.05) is 11.1 Å². The lowest BCUT2D eigenvalue weighted by molar-refractivity contribution is 0.348. The summed E-state index contributed by atoms with van der Waals surface area (Å²) in [5.74, 6) is 8.19. The van der Waals surface area contributed by atoms with Crippen LogP contribution in [0.25, 0.3) is 0 Å². The summed E-state index contributed by atoms with van der Waals surface area (Å²) in [6.45, 7) is 6.43. The lowest BCUT2D eigenvalue weighted by atomic mass is 9.79. The molecule has 0 heterocycles. The molecule has 0 atom stereocenters. The van der Waals surface area contributed by atoms with Crippen molar-refractivity contribution in [2.75, 3.05) is 0 Å². The predicted octanol–water partition coefficient (Wildman–Crippen LogP) is 6.73. The van der Waals surface area contributed by atoms with Crippen molar-refractivity contribution >= 4 is 23.1 Å². The van der Waals surface area contributed by atoms with Gasteiger partial charge in [-0.3, -0.25) is 0 Å². The van der Waals surface area contributed by atoms with E-state index in [1.54, 1.807) is 0 Å². The first-order valence-electron chi connectivity index (χ1n) is 9.38. The molecule has 2 aromatic rings. The van der Waals surface area contributed by atoms with Crippen LogP contribution < -0.4 is 0 Å². The topological polar surface area (TPSA) is 12.4 Å². The van der Waals surface area contributed by atoms with E-state index in [0.717, 1.165) is 39.8 Å². The predicted molar refractivity (Wildman–Crippen MR) is 113 cm³/mol. The summed E-state index contributed by atoms with van der Waals surface area (Å²) in [6, 6.07) is 13.0. The Morgan fingerprint density at radius 1 is 0.885 bits per heavy atom. The lowest BCUT2D eigenvalue weighted by Gasteiger charge is -2.26. The highest BCUT2D eigenvalue weighted by Crippen LogP contribution is 2.35. The fourth-order valence-corrected chi connectivity index (χ4v) is 3.92. The van der Waals surface area contributed by atoms with Crippen LogP contribution in [0, 0.1) is 31.6 Å². The number of rotatable bonds is 2. The number of benzene rings is 2. The standard InChI is InChI=1S/C24H25NS/c1-17-4-10-22(11-5-17)23-12-8-20(9-13-23)6-7-21-14-18(2)24(25-16-26)19(3)15-21/h8-9,12-15,17,22H,4-5,10-11H2,1-3H3. The van der Waals surface area contributed by atoms with Crippen LogP contribution >= 0.6 is 12.2 Å². The minimum atomic E-state index is 0.729.